The Balaban J connectivity index is 1.59. The lowest BCUT2D eigenvalue weighted by atomic mass is 10.1. The van der Waals surface area contributed by atoms with Crippen molar-refractivity contribution in [2.24, 2.45) is 7.05 Å². The number of fused-ring (bicyclic) bond motifs is 1. The predicted molar refractivity (Wildman–Crippen MR) is 148 cm³/mol. The third-order valence-corrected chi connectivity index (χ3v) is 6.40. The molecule has 0 saturated heterocycles. The Morgan fingerprint density at radius 1 is 0.917 bits per heavy atom. The Morgan fingerprint density at radius 2 is 1.61 bits per heavy atom. The number of allylic oxidation sites excluding steroid dienone is 6. The van der Waals surface area contributed by atoms with E-state index < -0.39 is 0 Å². The molecule has 0 radical (unpaired) electrons. The minimum absolute atomic E-state index is 0.192. The van der Waals surface area contributed by atoms with Crippen molar-refractivity contribution in [2.75, 3.05) is 19.0 Å². The Hall–Kier alpha value is -2.61. The van der Waals surface area contributed by atoms with Crippen LogP contribution in [0, 0.1) is 0 Å². The number of aryl methyl sites for hydroxylation is 1. The molecule has 0 aliphatic carbocycles. The fraction of sp³-hybridized carbons (Fsp3) is 0.571. The van der Waals surface area contributed by atoms with Crippen molar-refractivity contribution >= 4 is 28.8 Å². The average molecular weight is 515 g/mol. The van der Waals surface area contributed by atoms with Gasteiger partial charge >= 0.3 is 5.97 Å². The van der Waals surface area contributed by atoms with E-state index in [4.69, 9.17) is 9.47 Å². The quantitative estimate of drug-likeness (QED) is 0.0657. The van der Waals surface area contributed by atoms with Gasteiger partial charge in [0.05, 0.1) is 19.0 Å². The Bertz CT molecular complexity index is 985. The Labute approximate surface area is 220 Å². The number of carbonyl (C=O) groups excluding carboxylic acids is 1. The topological polar surface area (TPSA) is 79.1 Å². The molecule has 198 valence electrons. The van der Waals surface area contributed by atoms with Gasteiger partial charge in [0.15, 0.2) is 5.52 Å². The van der Waals surface area contributed by atoms with Crippen molar-refractivity contribution in [1.29, 1.82) is 0 Å². The van der Waals surface area contributed by atoms with E-state index in [-0.39, 0.29) is 11.7 Å². The zero-order chi connectivity index (χ0) is 25.8. The Kier molecular flexibility index (Phi) is 15.3. The standard InChI is InChI=1S/C28H42N4O3S/c1-4-6-7-8-9-10-11-12-13-14-15-16-17-18-19-20-21-35-28-26-25(31-32(28)3)27(30-23-29-26)36-22-24(33)34-5-2/h6-7,9-10,12-13,23H,4-5,8,11,14-22H2,1-3H3/b7-6+,10-9+,13-12+. The van der Waals surface area contributed by atoms with Gasteiger partial charge in [-0.15, -0.1) is 0 Å². The van der Waals surface area contributed by atoms with Crippen LogP contribution in [0.1, 0.15) is 78.1 Å². The number of ether oxygens (including phenoxy) is 2. The number of nitrogens with zero attached hydrogens (tertiary/aromatic N) is 4. The van der Waals surface area contributed by atoms with Crippen molar-refractivity contribution in [2.45, 2.75) is 83.1 Å². The van der Waals surface area contributed by atoms with Gasteiger partial charge in [0.1, 0.15) is 16.9 Å². The van der Waals surface area contributed by atoms with Crippen LogP contribution in [0.4, 0.5) is 0 Å². The third-order valence-electron chi connectivity index (χ3n) is 5.45. The van der Waals surface area contributed by atoms with Crippen molar-refractivity contribution < 1.29 is 14.3 Å². The van der Waals surface area contributed by atoms with Crippen molar-refractivity contribution in [3.05, 3.63) is 42.8 Å². The molecule has 0 bridgehead atoms. The fourth-order valence-corrected chi connectivity index (χ4v) is 4.36. The van der Waals surface area contributed by atoms with Crippen molar-refractivity contribution in [1.82, 2.24) is 19.7 Å². The molecule has 2 aromatic rings. The first-order valence-corrected chi connectivity index (χ1v) is 14.2. The number of thioether (sulfide) groups is 1. The highest BCUT2D eigenvalue weighted by molar-refractivity contribution is 8.00. The molecule has 0 amide bonds. The summed E-state index contributed by atoms with van der Waals surface area (Å²) in [6, 6.07) is 0. The molecule has 0 saturated carbocycles. The van der Waals surface area contributed by atoms with Crippen LogP contribution in [0.3, 0.4) is 0 Å². The minimum atomic E-state index is -0.267. The molecule has 36 heavy (non-hydrogen) atoms. The number of rotatable bonds is 19. The van der Waals surface area contributed by atoms with Crippen molar-refractivity contribution in [3.8, 4) is 5.88 Å². The van der Waals surface area contributed by atoms with E-state index in [2.05, 4.69) is 58.4 Å². The van der Waals surface area contributed by atoms with Crippen LogP contribution in [0.15, 0.2) is 47.8 Å². The van der Waals surface area contributed by atoms with Gasteiger partial charge in [-0.2, -0.15) is 5.10 Å². The number of unbranched alkanes of at least 4 members (excludes halogenated alkanes) is 6. The molecule has 0 fully saturated rings. The summed E-state index contributed by atoms with van der Waals surface area (Å²) in [5.41, 5.74) is 1.33. The van der Waals surface area contributed by atoms with Gasteiger partial charge in [0, 0.05) is 7.05 Å². The largest absolute Gasteiger partial charge is 0.476 e. The van der Waals surface area contributed by atoms with Gasteiger partial charge in [-0.05, 0) is 45.4 Å². The Morgan fingerprint density at radius 3 is 2.36 bits per heavy atom. The van der Waals surface area contributed by atoms with E-state index in [0.29, 0.717) is 35.2 Å². The molecule has 8 heteroatoms. The second kappa shape index (κ2) is 18.6. The summed E-state index contributed by atoms with van der Waals surface area (Å²) in [6.07, 6.45) is 26.5. The van der Waals surface area contributed by atoms with Gasteiger partial charge in [-0.3, -0.25) is 4.79 Å². The highest BCUT2D eigenvalue weighted by atomic mass is 32.2. The monoisotopic (exact) mass is 514 g/mol. The first kappa shape index (κ1) is 29.6. The summed E-state index contributed by atoms with van der Waals surface area (Å²) in [7, 11) is 1.84. The van der Waals surface area contributed by atoms with Crippen LogP contribution in [0.2, 0.25) is 0 Å². The maximum atomic E-state index is 11.7. The van der Waals surface area contributed by atoms with Crippen LogP contribution in [-0.4, -0.2) is 44.7 Å². The molecule has 0 unspecified atom stereocenters. The van der Waals surface area contributed by atoms with Gasteiger partial charge in [0.2, 0.25) is 5.88 Å². The third kappa shape index (κ3) is 11.4. The SMILES string of the molecule is CC/C=C/C/C=C/C/C=C/CCCCCCCCOc1c2ncnc(SCC(=O)OCC)c2nn1C. The minimum Gasteiger partial charge on any atom is -0.476 e. The lowest BCUT2D eigenvalue weighted by molar-refractivity contribution is -0.139. The average Bonchev–Trinajstić information content (AvgIpc) is 3.20. The van der Waals surface area contributed by atoms with Crippen LogP contribution in [0.25, 0.3) is 11.0 Å². The predicted octanol–water partition coefficient (Wildman–Crippen LogP) is 6.99. The highest BCUT2D eigenvalue weighted by Gasteiger charge is 2.17. The summed E-state index contributed by atoms with van der Waals surface area (Å²) in [5, 5.41) is 5.17. The van der Waals surface area contributed by atoms with E-state index in [0.717, 1.165) is 32.1 Å². The zero-order valence-electron chi connectivity index (χ0n) is 22.2. The summed E-state index contributed by atoms with van der Waals surface area (Å²) in [6.45, 7) is 4.95. The van der Waals surface area contributed by atoms with Crippen LogP contribution in [0.5, 0.6) is 5.88 Å². The van der Waals surface area contributed by atoms with Gasteiger partial charge in [-0.25, -0.2) is 14.6 Å². The lowest BCUT2D eigenvalue weighted by Crippen LogP contribution is -2.06. The van der Waals surface area contributed by atoms with E-state index in [1.54, 1.807) is 11.6 Å². The molecule has 2 heterocycles. The molecule has 0 atom stereocenters. The molecule has 2 aromatic heterocycles. The van der Waals surface area contributed by atoms with Crippen LogP contribution in [-0.2, 0) is 16.6 Å². The maximum absolute atomic E-state index is 11.7. The van der Waals surface area contributed by atoms with Gasteiger partial charge in [0.25, 0.3) is 0 Å². The molecule has 0 spiro atoms. The molecule has 2 rings (SSSR count). The second-order valence-corrected chi connectivity index (χ2v) is 9.41. The van der Waals surface area contributed by atoms with E-state index in [9.17, 15) is 4.79 Å². The van der Waals surface area contributed by atoms with Gasteiger partial charge in [-0.1, -0.05) is 80.8 Å². The normalized spacial score (nSPS) is 12.0. The van der Waals surface area contributed by atoms with Gasteiger partial charge < -0.3 is 9.47 Å². The smallest absolute Gasteiger partial charge is 0.316 e. The number of carbonyl (C=O) groups is 1. The summed E-state index contributed by atoms with van der Waals surface area (Å²) in [5.74, 6) is 0.568. The summed E-state index contributed by atoms with van der Waals surface area (Å²) < 4.78 is 12.7. The number of hydrogen-bond donors (Lipinski definition) is 0. The number of hydrogen-bond acceptors (Lipinski definition) is 7. The molecule has 0 aliphatic rings. The van der Waals surface area contributed by atoms with Crippen LogP contribution < -0.4 is 4.74 Å². The number of esters is 1. The molecule has 0 aromatic carbocycles. The summed E-state index contributed by atoms with van der Waals surface area (Å²) in [4.78, 5) is 20.3. The summed E-state index contributed by atoms with van der Waals surface area (Å²) >= 11 is 1.30. The fourth-order valence-electron chi connectivity index (χ4n) is 3.62. The molecule has 0 N–H and O–H groups in total. The lowest BCUT2D eigenvalue weighted by Gasteiger charge is -2.06. The molecule has 7 nitrogen and oxygen atoms in total. The molecular formula is C28H42N4O3S. The number of aromatic nitrogens is 4. The first-order valence-electron chi connectivity index (χ1n) is 13.2. The van der Waals surface area contributed by atoms with E-state index in [1.807, 2.05) is 7.05 Å². The van der Waals surface area contributed by atoms with E-state index >= 15 is 0 Å². The highest BCUT2D eigenvalue weighted by Crippen LogP contribution is 2.29. The second-order valence-electron chi connectivity index (χ2n) is 8.45. The maximum Gasteiger partial charge on any atom is 0.316 e. The van der Waals surface area contributed by atoms with Crippen LogP contribution >= 0.6 is 11.8 Å². The first-order chi connectivity index (χ1) is 17.7. The van der Waals surface area contributed by atoms with Crippen molar-refractivity contribution in [3.63, 3.8) is 0 Å². The molecule has 0 aliphatic heterocycles. The zero-order valence-corrected chi connectivity index (χ0v) is 23.0. The molecular weight excluding hydrogens is 472 g/mol. The van der Waals surface area contributed by atoms with E-state index in [1.165, 1.54) is 50.2 Å².